The van der Waals surface area contributed by atoms with Gasteiger partial charge >= 0.3 is 5.63 Å². The van der Waals surface area contributed by atoms with E-state index < -0.39 is 0 Å². The van der Waals surface area contributed by atoms with Crippen LogP contribution < -0.4 is 5.63 Å². The third kappa shape index (κ3) is 1.80. The maximum Gasteiger partial charge on any atom is 0.336 e. The monoisotopic (exact) mass is 202 g/mol. The largest absolute Gasteiger partial charge is 0.423 e. The average Bonchev–Trinajstić information content (AvgIpc) is 2.15. The molecule has 0 saturated heterocycles. The van der Waals surface area contributed by atoms with Gasteiger partial charge in [-0.1, -0.05) is 32.9 Å². The fraction of sp³-hybridized carbons (Fsp3) is 0.308. The topological polar surface area (TPSA) is 30.2 Å². The van der Waals surface area contributed by atoms with Crippen molar-refractivity contribution in [2.45, 2.75) is 26.2 Å². The molecule has 15 heavy (non-hydrogen) atoms. The molecule has 0 atom stereocenters. The lowest BCUT2D eigenvalue weighted by molar-refractivity contribution is 0.555. The molecule has 0 unspecified atom stereocenters. The average molecular weight is 202 g/mol. The number of hydrogen-bond acceptors (Lipinski definition) is 2. The van der Waals surface area contributed by atoms with Gasteiger partial charge in [0.05, 0.1) is 0 Å². The second kappa shape index (κ2) is 3.23. The van der Waals surface area contributed by atoms with Crippen LogP contribution in [0, 0.1) is 0 Å². The van der Waals surface area contributed by atoms with E-state index in [0.717, 1.165) is 5.39 Å². The molecule has 0 radical (unpaired) electrons. The van der Waals surface area contributed by atoms with Crippen molar-refractivity contribution >= 4 is 11.0 Å². The van der Waals surface area contributed by atoms with Gasteiger partial charge in [0, 0.05) is 11.5 Å². The fourth-order valence-corrected chi connectivity index (χ4v) is 1.75. The van der Waals surface area contributed by atoms with Crippen molar-refractivity contribution in [3.8, 4) is 0 Å². The lowest BCUT2D eigenvalue weighted by Gasteiger charge is -2.20. The van der Waals surface area contributed by atoms with Crippen LogP contribution in [0.1, 0.15) is 26.3 Å². The molecular formula is C13H14O2. The van der Waals surface area contributed by atoms with E-state index in [-0.39, 0.29) is 11.0 Å². The standard InChI is InChI=1S/C13H14O2/c1-13(2,3)10-5-4-6-11-9(10)7-8-12(14)15-11/h4-8H,1-3H3. The zero-order valence-corrected chi connectivity index (χ0v) is 9.20. The summed E-state index contributed by atoms with van der Waals surface area (Å²) in [6, 6.07) is 9.12. The van der Waals surface area contributed by atoms with Crippen molar-refractivity contribution in [1.82, 2.24) is 0 Å². The van der Waals surface area contributed by atoms with E-state index in [1.807, 2.05) is 18.2 Å². The van der Waals surface area contributed by atoms with Gasteiger partial charge < -0.3 is 4.42 Å². The fourth-order valence-electron chi connectivity index (χ4n) is 1.75. The third-order valence-electron chi connectivity index (χ3n) is 2.47. The summed E-state index contributed by atoms with van der Waals surface area (Å²) in [5, 5.41) is 1.02. The molecule has 2 heteroatoms. The molecule has 1 heterocycles. The summed E-state index contributed by atoms with van der Waals surface area (Å²) >= 11 is 0. The Labute approximate surface area is 88.5 Å². The van der Waals surface area contributed by atoms with Crippen molar-refractivity contribution in [2.24, 2.45) is 0 Å². The molecule has 0 aliphatic carbocycles. The lowest BCUT2D eigenvalue weighted by Crippen LogP contribution is -2.12. The molecule has 2 nitrogen and oxygen atoms in total. The van der Waals surface area contributed by atoms with Gasteiger partial charge in [0.2, 0.25) is 0 Å². The molecule has 0 N–H and O–H groups in total. The molecule has 2 aromatic rings. The quantitative estimate of drug-likeness (QED) is 0.614. The van der Waals surface area contributed by atoms with Crippen molar-refractivity contribution in [2.75, 3.05) is 0 Å². The van der Waals surface area contributed by atoms with Crippen LogP contribution in [0.15, 0.2) is 39.5 Å². The smallest absolute Gasteiger partial charge is 0.336 e. The van der Waals surface area contributed by atoms with E-state index in [0.29, 0.717) is 5.58 Å². The SMILES string of the molecule is CC(C)(C)c1cccc2oc(=O)ccc12. The van der Waals surface area contributed by atoms with Crippen LogP contribution in [0.4, 0.5) is 0 Å². The second-order valence-corrected chi connectivity index (χ2v) is 4.72. The number of fused-ring (bicyclic) bond motifs is 1. The highest BCUT2D eigenvalue weighted by molar-refractivity contribution is 5.81. The second-order valence-electron chi connectivity index (χ2n) is 4.72. The lowest BCUT2D eigenvalue weighted by atomic mass is 9.85. The molecule has 0 aliphatic heterocycles. The van der Waals surface area contributed by atoms with E-state index in [4.69, 9.17) is 4.42 Å². The van der Waals surface area contributed by atoms with Crippen LogP contribution >= 0.6 is 0 Å². The summed E-state index contributed by atoms with van der Waals surface area (Å²) in [4.78, 5) is 11.1. The molecule has 0 saturated carbocycles. The molecule has 0 bridgehead atoms. The first-order valence-corrected chi connectivity index (χ1v) is 5.02. The summed E-state index contributed by atoms with van der Waals surface area (Å²) < 4.78 is 5.14. The molecule has 78 valence electrons. The molecule has 1 aromatic carbocycles. The maximum atomic E-state index is 11.1. The molecule has 2 rings (SSSR count). The van der Waals surface area contributed by atoms with E-state index in [1.54, 1.807) is 0 Å². The summed E-state index contributed by atoms with van der Waals surface area (Å²) in [5.41, 5.74) is 1.62. The van der Waals surface area contributed by atoms with Gasteiger partial charge in [0.25, 0.3) is 0 Å². The normalized spacial score (nSPS) is 11.9. The molecule has 0 fully saturated rings. The molecule has 1 aromatic heterocycles. The van der Waals surface area contributed by atoms with Gasteiger partial charge in [0.1, 0.15) is 5.58 Å². The van der Waals surface area contributed by atoms with Crippen LogP contribution in [-0.2, 0) is 5.41 Å². The zero-order chi connectivity index (χ0) is 11.1. The van der Waals surface area contributed by atoms with Crippen molar-refractivity contribution in [3.05, 3.63) is 46.3 Å². The predicted octanol–water partition coefficient (Wildman–Crippen LogP) is 3.09. The molecular weight excluding hydrogens is 188 g/mol. The first kappa shape index (κ1) is 9.97. The minimum Gasteiger partial charge on any atom is -0.423 e. The van der Waals surface area contributed by atoms with Crippen LogP contribution in [0.25, 0.3) is 11.0 Å². The Hall–Kier alpha value is -1.57. The Kier molecular flexibility index (Phi) is 2.14. The van der Waals surface area contributed by atoms with Gasteiger partial charge in [-0.05, 0) is 23.1 Å². The van der Waals surface area contributed by atoms with Crippen LogP contribution in [0.2, 0.25) is 0 Å². The first-order valence-electron chi connectivity index (χ1n) is 5.02. The first-order chi connectivity index (χ1) is 6.98. The Bertz CT molecular complexity index is 544. The summed E-state index contributed by atoms with van der Waals surface area (Å²) in [6.07, 6.45) is 0. The molecule has 0 aliphatic rings. The van der Waals surface area contributed by atoms with Crippen molar-refractivity contribution < 1.29 is 4.42 Å². The Morgan fingerprint density at radius 3 is 2.47 bits per heavy atom. The number of hydrogen-bond donors (Lipinski definition) is 0. The van der Waals surface area contributed by atoms with Crippen LogP contribution in [0.3, 0.4) is 0 Å². The minimum atomic E-state index is -0.298. The predicted molar refractivity (Wildman–Crippen MR) is 61.2 cm³/mol. The Morgan fingerprint density at radius 2 is 1.80 bits per heavy atom. The van der Waals surface area contributed by atoms with E-state index >= 15 is 0 Å². The van der Waals surface area contributed by atoms with Crippen LogP contribution in [0.5, 0.6) is 0 Å². The van der Waals surface area contributed by atoms with E-state index in [2.05, 4.69) is 26.8 Å². The Balaban J connectivity index is 2.83. The van der Waals surface area contributed by atoms with Gasteiger partial charge in [-0.2, -0.15) is 0 Å². The van der Waals surface area contributed by atoms with Gasteiger partial charge in [-0.3, -0.25) is 0 Å². The summed E-state index contributed by atoms with van der Waals surface area (Å²) in [7, 11) is 0. The number of rotatable bonds is 0. The van der Waals surface area contributed by atoms with Crippen molar-refractivity contribution in [1.29, 1.82) is 0 Å². The summed E-state index contributed by atoms with van der Waals surface area (Å²) in [5.74, 6) is 0. The Morgan fingerprint density at radius 1 is 1.07 bits per heavy atom. The number of benzene rings is 1. The molecule has 0 spiro atoms. The van der Waals surface area contributed by atoms with Crippen molar-refractivity contribution in [3.63, 3.8) is 0 Å². The van der Waals surface area contributed by atoms with E-state index in [1.165, 1.54) is 11.6 Å². The third-order valence-corrected chi connectivity index (χ3v) is 2.47. The zero-order valence-electron chi connectivity index (χ0n) is 9.20. The van der Waals surface area contributed by atoms with Gasteiger partial charge in [-0.25, -0.2) is 4.79 Å². The van der Waals surface area contributed by atoms with Crippen LogP contribution in [-0.4, -0.2) is 0 Å². The maximum absolute atomic E-state index is 11.1. The molecule has 0 amide bonds. The highest BCUT2D eigenvalue weighted by Gasteiger charge is 2.16. The highest BCUT2D eigenvalue weighted by Crippen LogP contribution is 2.28. The van der Waals surface area contributed by atoms with E-state index in [9.17, 15) is 4.79 Å². The minimum absolute atomic E-state index is 0.0550. The van der Waals surface area contributed by atoms with Gasteiger partial charge in [0.15, 0.2) is 0 Å². The van der Waals surface area contributed by atoms with Gasteiger partial charge in [-0.15, -0.1) is 0 Å². The summed E-state index contributed by atoms with van der Waals surface area (Å²) in [6.45, 7) is 6.44. The highest BCUT2D eigenvalue weighted by atomic mass is 16.4.